The number of nitrogens with zero attached hydrogens (tertiary/aromatic N) is 2. The molecule has 0 radical (unpaired) electrons. The Morgan fingerprint density at radius 2 is 1.75 bits per heavy atom. The average molecular weight is 408 g/mol. The summed E-state index contributed by atoms with van der Waals surface area (Å²) in [5.74, 6) is -1.87. The number of aliphatic carboxylic acids is 2. The SMILES string of the molecule is Clc1ccc(-c2cc(OCCN3CCCC3)n[nH]2)cc1.O=C(O)/C=C\C(=O)O. The molecule has 0 unspecified atom stereocenters. The molecule has 3 rings (SSSR count). The first-order valence-corrected chi connectivity index (χ1v) is 9.12. The first-order valence-electron chi connectivity index (χ1n) is 8.74. The highest BCUT2D eigenvalue weighted by Gasteiger charge is 2.11. The number of ether oxygens (including phenoxy) is 1. The lowest BCUT2D eigenvalue weighted by atomic mass is 10.2. The summed E-state index contributed by atoms with van der Waals surface area (Å²) in [6.45, 7) is 4.05. The highest BCUT2D eigenvalue weighted by atomic mass is 35.5. The zero-order chi connectivity index (χ0) is 20.4. The van der Waals surface area contributed by atoms with E-state index in [1.807, 2.05) is 30.3 Å². The normalized spacial score (nSPS) is 13.9. The number of carbonyl (C=O) groups is 2. The molecule has 0 aliphatic carbocycles. The van der Waals surface area contributed by atoms with Crippen LogP contribution in [-0.2, 0) is 9.59 Å². The molecule has 1 aromatic carbocycles. The molecule has 0 spiro atoms. The third-order valence-electron chi connectivity index (χ3n) is 3.93. The second kappa shape index (κ2) is 11.1. The van der Waals surface area contributed by atoms with E-state index in [1.54, 1.807) is 0 Å². The van der Waals surface area contributed by atoms with E-state index in [-0.39, 0.29) is 0 Å². The standard InChI is InChI=1S/C15H18ClN3O.C4H4O4/c16-13-5-3-12(4-6-13)14-11-15(18-17-14)20-10-9-19-7-1-2-8-19;5-3(6)1-2-4(7)8/h3-6,11H,1-2,7-10H2,(H,17,18);1-2H,(H,5,6)(H,7,8)/b;2-1-. The van der Waals surface area contributed by atoms with Crippen molar-refractivity contribution in [3.05, 3.63) is 47.5 Å². The molecule has 0 atom stereocenters. The number of aromatic amines is 1. The van der Waals surface area contributed by atoms with Crippen LogP contribution in [0.5, 0.6) is 5.88 Å². The highest BCUT2D eigenvalue weighted by molar-refractivity contribution is 6.30. The van der Waals surface area contributed by atoms with Gasteiger partial charge in [-0.2, -0.15) is 0 Å². The quantitative estimate of drug-likeness (QED) is 0.604. The van der Waals surface area contributed by atoms with Crippen LogP contribution in [0, 0.1) is 0 Å². The Bertz CT molecular complexity index is 782. The smallest absolute Gasteiger partial charge is 0.328 e. The fraction of sp³-hybridized carbons (Fsp3) is 0.316. The van der Waals surface area contributed by atoms with E-state index < -0.39 is 11.9 Å². The summed E-state index contributed by atoms with van der Waals surface area (Å²) in [5, 5.41) is 23.5. The minimum absolute atomic E-state index is 0.558. The van der Waals surface area contributed by atoms with Crippen molar-refractivity contribution in [3.63, 3.8) is 0 Å². The molecule has 1 fully saturated rings. The van der Waals surface area contributed by atoms with Crippen LogP contribution in [0.25, 0.3) is 11.3 Å². The van der Waals surface area contributed by atoms with Gasteiger partial charge in [-0.3, -0.25) is 10.00 Å². The maximum absolute atomic E-state index is 9.55. The van der Waals surface area contributed by atoms with Gasteiger partial charge in [0.15, 0.2) is 0 Å². The second-order valence-electron chi connectivity index (χ2n) is 6.03. The number of H-pyrrole nitrogens is 1. The maximum Gasteiger partial charge on any atom is 0.328 e. The summed E-state index contributed by atoms with van der Waals surface area (Å²) in [7, 11) is 0. The molecule has 1 aliphatic heterocycles. The molecule has 2 aromatic rings. The molecule has 1 aliphatic rings. The molecule has 28 heavy (non-hydrogen) atoms. The van der Waals surface area contributed by atoms with Gasteiger partial charge in [-0.1, -0.05) is 23.7 Å². The van der Waals surface area contributed by atoms with Gasteiger partial charge in [0.25, 0.3) is 0 Å². The summed E-state index contributed by atoms with van der Waals surface area (Å²) in [6, 6.07) is 9.58. The predicted octanol–water partition coefficient (Wildman–Crippen LogP) is 2.92. The number of rotatable bonds is 7. The van der Waals surface area contributed by atoms with Crippen LogP contribution in [-0.4, -0.2) is 63.5 Å². The number of aromatic nitrogens is 2. The molecule has 150 valence electrons. The monoisotopic (exact) mass is 407 g/mol. The first kappa shape index (κ1) is 21.5. The predicted molar refractivity (Wildman–Crippen MR) is 105 cm³/mol. The van der Waals surface area contributed by atoms with Crippen molar-refractivity contribution >= 4 is 23.5 Å². The number of carboxylic acid groups (broad SMARTS) is 2. The van der Waals surface area contributed by atoms with E-state index in [1.165, 1.54) is 25.9 Å². The molecule has 3 N–H and O–H groups in total. The van der Waals surface area contributed by atoms with Gasteiger partial charge in [-0.05, 0) is 43.6 Å². The molecule has 8 nitrogen and oxygen atoms in total. The Labute approximate surface area is 167 Å². The zero-order valence-corrected chi connectivity index (χ0v) is 15.9. The number of benzene rings is 1. The number of hydrogen-bond acceptors (Lipinski definition) is 5. The second-order valence-corrected chi connectivity index (χ2v) is 6.47. The molecule has 1 aromatic heterocycles. The van der Waals surface area contributed by atoms with Crippen LogP contribution in [0.2, 0.25) is 5.02 Å². The largest absolute Gasteiger partial charge is 0.478 e. The lowest BCUT2D eigenvalue weighted by Gasteiger charge is -2.13. The topological polar surface area (TPSA) is 116 Å². The summed E-state index contributed by atoms with van der Waals surface area (Å²) in [6.07, 6.45) is 3.73. The lowest BCUT2D eigenvalue weighted by Crippen LogP contribution is -2.25. The Hall–Kier alpha value is -2.84. The minimum atomic E-state index is -1.26. The van der Waals surface area contributed by atoms with Crippen LogP contribution in [0.1, 0.15) is 12.8 Å². The molecule has 0 saturated carbocycles. The maximum atomic E-state index is 9.55. The van der Waals surface area contributed by atoms with Gasteiger partial charge in [0.2, 0.25) is 5.88 Å². The minimum Gasteiger partial charge on any atom is -0.478 e. The molecular formula is C19H22ClN3O5. The van der Waals surface area contributed by atoms with Crippen molar-refractivity contribution < 1.29 is 24.5 Å². The van der Waals surface area contributed by atoms with Crippen molar-refractivity contribution in [1.29, 1.82) is 0 Å². The fourth-order valence-corrected chi connectivity index (χ4v) is 2.71. The summed E-state index contributed by atoms with van der Waals surface area (Å²) >= 11 is 5.88. The van der Waals surface area contributed by atoms with Gasteiger partial charge in [-0.15, -0.1) is 5.10 Å². The van der Waals surface area contributed by atoms with Crippen molar-refractivity contribution in [3.8, 4) is 17.1 Å². The van der Waals surface area contributed by atoms with E-state index in [9.17, 15) is 9.59 Å². The lowest BCUT2D eigenvalue weighted by molar-refractivity contribution is -0.134. The van der Waals surface area contributed by atoms with E-state index >= 15 is 0 Å². The van der Waals surface area contributed by atoms with Gasteiger partial charge in [-0.25, -0.2) is 9.59 Å². The Morgan fingerprint density at radius 3 is 2.32 bits per heavy atom. The molecule has 1 saturated heterocycles. The van der Waals surface area contributed by atoms with Crippen LogP contribution >= 0.6 is 11.6 Å². The Kier molecular flexibility index (Phi) is 8.51. The van der Waals surface area contributed by atoms with Crippen LogP contribution in [0.4, 0.5) is 0 Å². The van der Waals surface area contributed by atoms with E-state index in [0.29, 0.717) is 24.6 Å². The number of nitrogens with one attached hydrogen (secondary N) is 1. The summed E-state index contributed by atoms with van der Waals surface area (Å²) in [4.78, 5) is 21.5. The van der Waals surface area contributed by atoms with Crippen molar-refractivity contribution in [2.45, 2.75) is 12.8 Å². The van der Waals surface area contributed by atoms with Crippen molar-refractivity contribution in [2.24, 2.45) is 0 Å². The number of carboxylic acids is 2. The van der Waals surface area contributed by atoms with Crippen molar-refractivity contribution in [1.82, 2.24) is 15.1 Å². The van der Waals surface area contributed by atoms with Crippen LogP contribution in [0.3, 0.4) is 0 Å². The molecule has 0 amide bonds. The van der Waals surface area contributed by atoms with Gasteiger partial charge < -0.3 is 14.9 Å². The summed E-state index contributed by atoms with van der Waals surface area (Å²) in [5.41, 5.74) is 1.99. The Morgan fingerprint density at radius 1 is 1.14 bits per heavy atom. The van der Waals surface area contributed by atoms with Gasteiger partial charge in [0.1, 0.15) is 6.61 Å². The number of likely N-dealkylation sites (tertiary alicyclic amines) is 1. The van der Waals surface area contributed by atoms with Gasteiger partial charge >= 0.3 is 11.9 Å². The molecule has 0 bridgehead atoms. The first-order chi connectivity index (χ1) is 13.4. The van der Waals surface area contributed by atoms with Gasteiger partial charge in [0, 0.05) is 29.8 Å². The van der Waals surface area contributed by atoms with E-state index in [0.717, 1.165) is 22.8 Å². The third-order valence-corrected chi connectivity index (χ3v) is 4.19. The molecular weight excluding hydrogens is 386 g/mol. The third kappa shape index (κ3) is 7.81. The molecule has 2 heterocycles. The van der Waals surface area contributed by atoms with Crippen LogP contribution < -0.4 is 4.74 Å². The van der Waals surface area contributed by atoms with E-state index in [4.69, 9.17) is 26.6 Å². The van der Waals surface area contributed by atoms with Gasteiger partial charge in [0.05, 0.1) is 5.69 Å². The summed E-state index contributed by atoms with van der Waals surface area (Å²) < 4.78 is 5.68. The van der Waals surface area contributed by atoms with Crippen molar-refractivity contribution in [2.75, 3.05) is 26.2 Å². The fourth-order valence-electron chi connectivity index (χ4n) is 2.58. The average Bonchev–Trinajstić information content (AvgIpc) is 3.33. The van der Waals surface area contributed by atoms with E-state index in [2.05, 4.69) is 15.1 Å². The Balaban J connectivity index is 0.000000300. The highest BCUT2D eigenvalue weighted by Crippen LogP contribution is 2.22. The van der Waals surface area contributed by atoms with Crippen LogP contribution in [0.15, 0.2) is 42.5 Å². The molecule has 9 heteroatoms. The number of halogens is 1. The zero-order valence-electron chi connectivity index (χ0n) is 15.2. The number of hydrogen-bond donors (Lipinski definition) is 3.